The van der Waals surface area contributed by atoms with Crippen LogP contribution in [0, 0.1) is 11.6 Å². The standard InChI is InChI=1S/C12H10F2N2O2S/c13-9-2-1-7(5-10(9)14)19-6-11-8(3-4-18-11)12(17)16-15/h1-5H,6,15H2,(H,16,17). The molecule has 4 nitrogen and oxygen atoms in total. The largest absolute Gasteiger partial charge is 0.468 e. The number of nitrogens with one attached hydrogen (secondary N) is 1. The molecule has 0 radical (unpaired) electrons. The Balaban J connectivity index is 2.08. The van der Waals surface area contributed by atoms with E-state index in [4.69, 9.17) is 10.3 Å². The van der Waals surface area contributed by atoms with Crippen LogP contribution in [0.15, 0.2) is 39.8 Å². The molecular formula is C12H10F2N2O2S. The quantitative estimate of drug-likeness (QED) is 0.392. The summed E-state index contributed by atoms with van der Waals surface area (Å²) < 4.78 is 30.9. The molecule has 1 aromatic heterocycles. The Labute approximate surface area is 111 Å². The van der Waals surface area contributed by atoms with Crippen LogP contribution in [0.2, 0.25) is 0 Å². The molecule has 0 aliphatic heterocycles. The van der Waals surface area contributed by atoms with Gasteiger partial charge in [-0.25, -0.2) is 14.6 Å². The zero-order valence-corrected chi connectivity index (χ0v) is 10.5. The van der Waals surface area contributed by atoms with Crippen molar-refractivity contribution >= 4 is 17.7 Å². The van der Waals surface area contributed by atoms with E-state index in [-0.39, 0.29) is 0 Å². The number of carbonyl (C=O) groups is 1. The first-order valence-electron chi connectivity index (χ1n) is 5.27. The Hall–Kier alpha value is -1.86. The molecule has 0 bridgehead atoms. The van der Waals surface area contributed by atoms with Crippen LogP contribution in [0.1, 0.15) is 16.1 Å². The van der Waals surface area contributed by atoms with E-state index in [1.807, 2.05) is 5.43 Å². The molecule has 1 aromatic carbocycles. The average Bonchev–Trinajstić information content (AvgIpc) is 2.87. The van der Waals surface area contributed by atoms with Gasteiger partial charge in [0.1, 0.15) is 5.76 Å². The van der Waals surface area contributed by atoms with Gasteiger partial charge in [0.05, 0.1) is 17.6 Å². The van der Waals surface area contributed by atoms with Gasteiger partial charge in [-0.1, -0.05) is 0 Å². The Morgan fingerprint density at radius 2 is 2.11 bits per heavy atom. The van der Waals surface area contributed by atoms with E-state index in [9.17, 15) is 13.6 Å². The molecule has 0 aliphatic rings. The van der Waals surface area contributed by atoms with Crippen molar-refractivity contribution in [2.75, 3.05) is 0 Å². The van der Waals surface area contributed by atoms with Crippen molar-refractivity contribution in [3.63, 3.8) is 0 Å². The van der Waals surface area contributed by atoms with Crippen molar-refractivity contribution in [3.8, 4) is 0 Å². The van der Waals surface area contributed by atoms with Crippen molar-refractivity contribution in [2.45, 2.75) is 10.6 Å². The lowest BCUT2D eigenvalue weighted by atomic mass is 10.2. The van der Waals surface area contributed by atoms with E-state index in [0.29, 0.717) is 22.0 Å². The number of rotatable bonds is 4. The molecule has 7 heteroatoms. The second kappa shape index (κ2) is 5.85. The van der Waals surface area contributed by atoms with Crippen LogP contribution in [0.3, 0.4) is 0 Å². The van der Waals surface area contributed by atoms with E-state index < -0.39 is 17.5 Å². The molecule has 0 aliphatic carbocycles. The van der Waals surface area contributed by atoms with Gasteiger partial charge >= 0.3 is 0 Å². The minimum Gasteiger partial charge on any atom is -0.468 e. The molecule has 3 N–H and O–H groups in total. The lowest BCUT2D eigenvalue weighted by Gasteiger charge is -2.03. The summed E-state index contributed by atoms with van der Waals surface area (Å²) in [5, 5.41) is 0. The molecule has 0 atom stereocenters. The third-order valence-corrected chi connectivity index (χ3v) is 3.38. The van der Waals surface area contributed by atoms with Crippen molar-refractivity contribution in [1.29, 1.82) is 0 Å². The maximum atomic E-state index is 13.0. The highest BCUT2D eigenvalue weighted by Gasteiger charge is 2.14. The van der Waals surface area contributed by atoms with Gasteiger partial charge < -0.3 is 4.42 Å². The molecule has 1 heterocycles. The molecule has 0 spiro atoms. The Morgan fingerprint density at radius 1 is 1.32 bits per heavy atom. The van der Waals surface area contributed by atoms with Crippen LogP contribution in [0.5, 0.6) is 0 Å². The number of nitrogens with two attached hydrogens (primary N) is 1. The van der Waals surface area contributed by atoms with Crippen LogP contribution in [-0.2, 0) is 5.75 Å². The summed E-state index contributed by atoms with van der Waals surface area (Å²) in [4.78, 5) is 11.9. The number of thioether (sulfide) groups is 1. The van der Waals surface area contributed by atoms with E-state index in [0.717, 1.165) is 12.1 Å². The number of benzene rings is 1. The zero-order valence-electron chi connectivity index (χ0n) is 9.65. The monoisotopic (exact) mass is 284 g/mol. The highest BCUT2D eigenvalue weighted by atomic mass is 32.2. The molecule has 0 saturated carbocycles. The van der Waals surface area contributed by atoms with E-state index >= 15 is 0 Å². The summed E-state index contributed by atoms with van der Waals surface area (Å²) in [6.45, 7) is 0. The van der Waals surface area contributed by atoms with Crippen LogP contribution < -0.4 is 11.3 Å². The number of carbonyl (C=O) groups excluding carboxylic acids is 1. The second-order valence-corrected chi connectivity index (χ2v) is 4.64. The molecule has 1 amide bonds. The van der Waals surface area contributed by atoms with Crippen molar-refractivity contribution in [1.82, 2.24) is 5.43 Å². The number of hydrogen-bond donors (Lipinski definition) is 2. The first kappa shape index (κ1) is 13.6. The van der Waals surface area contributed by atoms with Gasteiger partial charge in [-0.15, -0.1) is 11.8 Å². The molecule has 0 unspecified atom stereocenters. The summed E-state index contributed by atoms with van der Waals surface area (Å²) in [6, 6.07) is 5.08. The van der Waals surface area contributed by atoms with E-state index in [2.05, 4.69) is 0 Å². The van der Waals surface area contributed by atoms with Gasteiger partial charge in [0.15, 0.2) is 11.6 Å². The van der Waals surface area contributed by atoms with Gasteiger partial charge in [0.2, 0.25) is 0 Å². The fourth-order valence-corrected chi connectivity index (χ4v) is 2.32. The summed E-state index contributed by atoms with van der Waals surface area (Å²) >= 11 is 1.22. The highest BCUT2D eigenvalue weighted by Crippen LogP contribution is 2.26. The van der Waals surface area contributed by atoms with Crippen molar-refractivity contribution in [2.24, 2.45) is 5.84 Å². The first-order valence-corrected chi connectivity index (χ1v) is 6.25. The normalized spacial score (nSPS) is 10.5. The van der Waals surface area contributed by atoms with Gasteiger partial charge in [-0.05, 0) is 24.3 Å². The minimum absolute atomic E-state index is 0.306. The molecule has 2 rings (SSSR count). The molecule has 0 fully saturated rings. The van der Waals surface area contributed by atoms with Crippen LogP contribution in [0.25, 0.3) is 0 Å². The van der Waals surface area contributed by atoms with E-state index in [1.165, 1.54) is 30.2 Å². The van der Waals surface area contributed by atoms with E-state index in [1.54, 1.807) is 0 Å². The summed E-state index contributed by atoms with van der Waals surface area (Å²) in [7, 11) is 0. The fourth-order valence-electron chi connectivity index (χ4n) is 1.45. The zero-order chi connectivity index (χ0) is 13.8. The van der Waals surface area contributed by atoms with Crippen molar-refractivity contribution in [3.05, 3.63) is 53.5 Å². The number of hydrazine groups is 1. The van der Waals surface area contributed by atoms with Gasteiger partial charge in [-0.2, -0.15) is 0 Å². The predicted octanol–water partition coefficient (Wildman–Crippen LogP) is 2.45. The smallest absolute Gasteiger partial charge is 0.268 e. The highest BCUT2D eigenvalue weighted by molar-refractivity contribution is 7.98. The maximum Gasteiger partial charge on any atom is 0.268 e. The Morgan fingerprint density at radius 3 is 2.79 bits per heavy atom. The summed E-state index contributed by atoms with van der Waals surface area (Å²) in [5.41, 5.74) is 2.32. The lowest BCUT2D eigenvalue weighted by Crippen LogP contribution is -2.30. The molecular weight excluding hydrogens is 274 g/mol. The third-order valence-electron chi connectivity index (χ3n) is 2.38. The third kappa shape index (κ3) is 3.12. The van der Waals surface area contributed by atoms with Crippen LogP contribution >= 0.6 is 11.8 Å². The average molecular weight is 284 g/mol. The maximum absolute atomic E-state index is 13.0. The summed E-state index contributed by atoms with van der Waals surface area (Å²) in [5.74, 6) is 3.48. The topological polar surface area (TPSA) is 68.3 Å². The molecule has 19 heavy (non-hydrogen) atoms. The Bertz CT molecular complexity index is 601. The van der Waals surface area contributed by atoms with Crippen LogP contribution in [0.4, 0.5) is 8.78 Å². The van der Waals surface area contributed by atoms with Gasteiger partial charge in [-0.3, -0.25) is 10.2 Å². The molecule has 2 aromatic rings. The Kier molecular flexibility index (Phi) is 4.18. The number of hydrogen-bond acceptors (Lipinski definition) is 4. The SMILES string of the molecule is NNC(=O)c1ccoc1CSc1ccc(F)c(F)c1. The predicted molar refractivity (Wildman–Crippen MR) is 66.3 cm³/mol. The number of amides is 1. The molecule has 0 saturated heterocycles. The lowest BCUT2D eigenvalue weighted by molar-refractivity contribution is 0.0952. The number of furan rings is 1. The second-order valence-electron chi connectivity index (χ2n) is 3.60. The van der Waals surface area contributed by atoms with Gasteiger partial charge in [0.25, 0.3) is 5.91 Å². The summed E-state index contributed by atoms with van der Waals surface area (Å²) in [6.07, 6.45) is 1.37. The van der Waals surface area contributed by atoms with Gasteiger partial charge in [0, 0.05) is 4.90 Å². The number of nitrogen functional groups attached to an aromatic ring is 1. The minimum atomic E-state index is -0.913. The molecule has 100 valence electrons. The fraction of sp³-hybridized carbons (Fsp3) is 0.0833. The number of halogens is 2. The van der Waals surface area contributed by atoms with Crippen molar-refractivity contribution < 1.29 is 18.0 Å². The van der Waals surface area contributed by atoms with Crippen LogP contribution in [-0.4, -0.2) is 5.91 Å². The first-order chi connectivity index (χ1) is 9.11.